The number of carboxylic acids is 1. The van der Waals surface area contributed by atoms with E-state index in [1.165, 1.54) is 5.56 Å². The normalized spacial score (nSPS) is 12.2. The first-order valence-corrected chi connectivity index (χ1v) is 6.11. The summed E-state index contributed by atoms with van der Waals surface area (Å²) in [5, 5.41) is 12.3. The van der Waals surface area contributed by atoms with Gasteiger partial charge in [-0.3, -0.25) is 0 Å². The van der Waals surface area contributed by atoms with E-state index >= 15 is 0 Å². The molecule has 2 N–H and O–H groups in total. The molecule has 0 heterocycles. The Balaban J connectivity index is 2.75. The van der Waals surface area contributed by atoms with Crippen molar-refractivity contribution in [3.8, 4) is 0 Å². The number of unbranched alkanes of at least 4 members (excludes halogenated alkanes) is 1. The van der Waals surface area contributed by atoms with E-state index < -0.39 is 12.0 Å². The maximum atomic E-state index is 11.1. The first-order chi connectivity index (χ1) is 8.04. The van der Waals surface area contributed by atoms with Crippen LogP contribution in [0.5, 0.6) is 0 Å². The van der Waals surface area contributed by atoms with Gasteiger partial charge in [-0.05, 0) is 31.9 Å². The van der Waals surface area contributed by atoms with Gasteiger partial charge in [0.2, 0.25) is 0 Å². The van der Waals surface area contributed by atoms with Gasteiger partial charge in [-0.1, -0.05) is 37.5 Å². The Kier molecular flexibility index (Phi) is 5.01. The molecule has 1 unspecified atom stereocenters. The molecule has 0 aliphatic rings. The standard InChI is InChI=1S/C14H21NO2/c1-4-5-6-13(14(16)17)15-12-8-7-10(2)9-11(12)3/h7-9,13,15H,4-6H2,1-3H3,(H,16,17). The molecule has 17 heavy (non-hydrogen) atoms. The highest BCUT2D eigenvalue weighted by Crippen LogP contribution is 2.18. The highest BCUT2D eigenvalue weighted by Gasteiger charge is 2.16. The van der Waals surface area contributed by atoms with Gasteiger partial charge in [0.15, 0.2) is 0 Å². The van der Waals surface area contributed by atoms with Gasteiger partial charge >= 0.3 is 5.97 Å². The summed E-state index contributed by atoms with van der Waals surface area (Å²) in [5.41, 5.74) is 3.19. The average molecular weight is 235 g/mol. The van der Waals surface area contributed by atoms with Gasteiger partial charge in [0.25, 0.3) is 0 Å². The summed E-state index contributed by atoms with van der Waals surface area (Å²) in [7, 11) is 0. The molecule has 0 fully saturated rings. The molecule has 0 aromatic heterocycles. The number of hydrogen-bond acceptors (Lipinski definition) is 2. The summed E-state index contributed by atoms with van der Waals surface area (Å²) in [6.45, 7) is 6.09. The van der Waals surface area contributed by atoms with Gasteiger partial charge in [-0.2, -0.15) is 0 Å². The van der Waals surface area contributed by atoms with Gasteiger partial charge < -0.3 is 10.4 Å². The number of hydrogen-bond donors (Lipinski definition) is 2. The molecule has 94 valence electrons. The summed E-state index contributed by atoms with van der Waals surface area (Å²) < 4.78 is 0. The van der Waals surface area contributed by atoms with Gasteiger partial charge in [0, 0.05) is 5.69 Å². The summed E-state index contributed by atoms with van der Waals surface area (Å²) in [6.07, 6.45) is 2.60. The van der Waals surface area contributed by atoms with Crippen LogP contribution in [0.1, 0.15) is 37.3 Å². The maximum Gasteiger partial charge on any atom is 0.326 e. The third-order valence-electron chi connectivity index (χ3n) is 2.86. The van der Waals surface area contributed by atoms with Crippen LogP contribution in [0.25, 0.3) is 0 Å². The van der Waals surface area contributed by atoms with Crippen molar-refractivity contribution in [1.82, 2.24) is 0 Å². The van der Waals surface area contributed by atoms with Gasteiger partial charge in [-0.25, -0.2) is 4.79 Å². The minimum Gasteiger partial charge on any atom is -0.480 e. The van der Waals surface area contributed by atoms with Crippen LogP contribution in [-0.2, 0) is 4.79 Å². The second-order valence-electron chi connectivity index (χ2n) is 4.50. The monoisotopic (exact) mass is 235 g/mol. The number of nitrogens with one attached hydrogen (secondary N) is 1. The Bertz CT molecular complexity index is 388. The minimum atomic E-state index is -0.779. The van der Waals surface area contributed by atoms with E-state index in [4.69, 9.17) is 5.11 Å². The first kappa shape index (κ1) is 13.6. The van der Waals surface area contributed by atoms with Crippen LogP contribution in [0, 0.1) is 13.8 Å². The molecule has 0 aliphatic carbocycles. The highest BCUT2D eigenvalue weighted by atomic mass is 16.4. The molecule has 0 radical (unpaired) electrons. The molecular formula is C14H21NO2. The molecule has 1 rings (SSSR count). The van der Waals surface area contributed by atoms with Crippen LogP contribution in [0.15, 0.2) is 18.2 Å². The number of carbonyl (C=O) groups is 1. The molecular weight excluding hydrogens is 214 g/mol. The second kappa shape index (κ2) is 6.28. The van der Waals surface area contributed by atoms with E-state index in [9.17, 15) is 4.79 Å². The van der Waals surface area contributed by atoms with Crippen molar-refractivity contribution < 1.29 is 9.90 Å². The SMILES string of the molecule is CCCCC(Nc1ccc(C)cc1C)C(=O)O. The number of aliphatic carboxylic acids is 1. The average Bonchev–Trinajstić information content (AvgIpc) is 2.26. The number of benzene rings is 1. The molecule has 0 bridgehead atoms. The molecule has 0 aliphatic heterocycles. The fraction of sp³-hybridized carbons (Fsp3) is 0.500. The van der Waals surface area contributed by atoms with Crippen molar-refractivity contribution in [3.05, 3.63) is 29.3 Å². The number of rotatable bonds is 6. The molecule has 1 atom stereocenters. The van der Waals surface area contributed by atoms with Crippen LogP contribution < -0.4 is 5.32 Å². The third kappa shape index (κ3) is 4.10. The van der Waals surface area contributed by atoms with Crippen molar-refractivity contribution in [2.24, 2.45) is 0 Å². The molecule has 0 spiro atoms. The Labute approximate surface area is 103 Å². The lowest BCUT2D eigenvalue weighted by atomic mass is 10.1. The van der Waals surface area contributed by atoms with E-state index in [2.05, 4.69) is 18.3 Å². The topological polar surface area (TPSA) is 49.3 Å². The Morgan fingerprint density at radius 2 is 2.12 bits per heavy atom. The van der Waals surface area contributed by atoms with Gasteiger partial charge in [-0.15, -0.1) is 0 Å². The highest BCUT2D eigenvalue weighted by molar-refractivity contribution is 5.77. The van der Waals surface area contributed by atoms with E-state index in [-0.39, 0.29) is 0 Å². The lowest BCUT2D eigenvalue weighted by Gasteiger charge is -2.17. The molecule has 0 saturated heterocycles. The minimum absolute atomic E-state index is 0.489. The van der Waals surface area contributed by atoms with Crippen molar-refractivity contribution in [3.63, 3.8) is 0 Å². The molecule has 1 aromatic carbocycles. The van der Waals surface area contributed by atoms with E-state index in [0.29, 0.717) is 6.42 Å². The van der Waals surface area contributed by atoms with Crippen molar-refractivity contribution in [2.45, 2.75) is 46.1 Å². The number of carboxylic acid groups (broad SMARTS) is 1. The van der Waals surface area contributed by atoms with Crippen LogP contribution in [0.4, 0.5) is 5.69 Å². The summed E-state index contributed by atoms with van der Waals surface area (Å²) in [5.74, 6) is -0.779. The maximum absolute atomic E-state index is 11.1. The predicted molar refractivity (Wildman–Crippen MR) is 70.5 cm³/mol. The number of anilines is 1. The zero-order valence-electron chi connectivity index (χ0n) is 10.8. The smallest absolute Gasteiger partial charge is 0.326 e. The van der Waals surface area contributed by atoms with Crippen LogP contribution in [0.3, 0.4) is 0 Å². The largest absolute Gasteiger partial charge is 0.480 e. The fourth-order valence-electron chi connectivity index (χ4n) is 1.83. The third-order valence-corrected chi connectivity index (χ3v) is 2.86. The molecule has 3 heteroatoms. The van der Waals surface area contributed by atoms with Crippen LogP contribution in [-0.4, -0.2) is 17.1 Å². The number of aryl methyl sites for hydroxylation is 2. The Morgan fingerprint density at radius 3 is 2.65 bits per heavy atom. The van der Waals surface area contributed by atoms with Gasteiger partial charge in [0.1, 0.15) is 6.04 Å². The van der Waals surface area contributed by atoms with Crippen molar-refractivity contribution in [1.29, 1.82) is 0 Å². The summed E-state index contributed by atoms with van der Waals surface area (Å²) in [6, 6.07) is 5.51. The second-order valence-corrected chi connectivity index (χ2v) is 4.50. The lowest BCUT2D eigenvalue weighted by Crippen LogP contribution is -2.29. The Morgan fingerprint density at radius 1 is 1.41 bits per heavy atom. The summed E-state index contributed by atoms with van der Waals surface area (Å²) in [4.78, 5) is 11.1. The van der Waals surface area contributed by atoms with Crippen molar-refractivity contribution >= 4 is 11.7 Å². The van der Waals surface area contributed by atoms with Crippen molar-refractivity contribution in [2.75, 3.05) is 5.32 Å². The zero-order chi connectivity index (χ0) is 12.8. The van der Waals surface area contributed by atoms with E-state index in [0.717, 1.165) is 24.1 Å². The van der Waals surface area contributed by atoms with E-state index in [1.54, 1.807) is 0 Å². The van der Waals surface area contributed by atoms with E-state index in [1.807, 2.05) is 26.0 Å². The molecule has 1 aromatic rings. The van der Waals surface area contributed by atoms with Crippen LogP contribution in [0.2, 0.25) is 0 Å². The van der Waals surface area contributed by atoms with Crippen LogP contribution >= 0.6 is 0 Å². The quantitative estimate of drug-likeness (QED) is 0.795. The molecule has 0 amide bonds. The molecule has 0 saturated carbocycles. The molecule has 3 nitrogen and oxygen atoms in total. The first-order valence-electron chi connectivity index (χ1n) is 6.11. The fourth-order valence-corrected chi connectivity index (χ4v) is 1.83. The zero-order valence-corrected chi connectivity index (χ0v) is 10.8. The Hall–Kier alpha value is -1.51. The predicted octanol–water partition coefficient (Wildman–Crippen LogP) is 3.36. The lowest BCUT2D eigenvalue weighted by molar-refractivity contribution is -0.138. The van der Waals surface area contributed by atoms with Gasteiger partial charge in [0.05, 0.1) is 0 Å². The summed E-state index contributed by atoms with van der Waals surface area (Å²) >= 11 is 0.